The number of carbonyl (C=O) groups excluding carboxylic acids is 1. The van der Waals surface area contributed by atoms with Crippen LogP contribution in [0.15, 0.2) is 18.3 Å². The van der Waals surface area contributed by atoms with E-state index in [0.717, 1.165) is 19.3 Å². The van der Waals surface area contributed by atoms with Crippen LogP contribution in [0.4, 0.5) is 0 Å². The second-order valence-electron chi connectivity index (χ2n) is 4.88. The minimum Gasteiger partial charge on any atom is -0.481 e. The Kier molecular flexibility index (Phi) is 4.14. The van der Waals surface area contributed by atoms with Crippen molar-refractivity contribution in [3.8, 4) is 0 Å². The highest BCUT2D eigenvalue weighted by atomic mass is 16.4. The molecule has 102 valence electrons. The lowest BCUT2D eigenvalue weighted by molar-refractivity contribution is -0.138. The maximum absolute atomic E-state index is 12.5. The third-order valence-electron chi connectivity index (χ3n) is 3.54. The second-order valence-corrected chi connectivity index (χ2v) is 4.88. The molecule has 19 heavy (non-hydrogen) atoms. The van der Waals surface area contributed by atoms with E-state index >= 15 is 0 Å². The van der Waals surface area contributed by atoms with Crippen LogP contribution in [0.5, 0.6) is 0 Å². The van der Waals surface area contributed by atoms with Crippen molar-refractivity contribution in [1.82, 2.24) is 9.88 Å². The van der Waals surface area contributed by atoms with Gasteiger partial charge in [-0.25, -0.2) is 0 Å². The van der Waals surface area contributed by atoms with Crippen molar-refractivity contribution in [2.75, 3.05) is 6.54 Å². The monoisotopic (exact) mass is 262 g/mol. The number of aromatic nitrogens is 1. The van der Waals surface area contributed by atoms with Gasteiger partial charge in [0, 0.05) is 24.5 Å². The number of carboxylic acid groups (broad SMARTS) is 1. The van der Waals surface area contributed by atoms with Crippen molar-refractivity contribution in [2.24, 2.45) is 0 Å². The van der Waals surface area contributed by atoms with Gasteiger partial charge in [0.05, 0.1) is 12.0 Å². The molecule has 0 aliphatic carbocycles. The summed E-state index contributed by atoms with van der Waals surface area (Å²) in [5.41, 5.74) is 1.26. The number of nitrogens with zero attached hydrogens (tertiary/aromatic N) is 2. The van der Waals surface area contributed by atoms with Crippen molar-refractivity contribution in [1.29, 1.82) is 0 Å². The number of carboxylic acids is 1. The van der Waals surface area contributed by atoms with Crippen LogP contribution in [0.2, 0.25) is 0 Å². The van der Waals surface area contributed by atoms with Gasteiger partial charge in [-0.15, -0.1) is 0 Å². The highest BCUT2D eigenvalue weighted by Gasteiger charge is 2.29. The van der Waals surface area contributed by atoms with Crippen LogP contribution in [0, 0.1) is 6.92 Å². The van der Waals surface area contributed by atoms with Gasteiger partial charge in [-0.05, 0) is 38.3 Å². The van der Waals surface area contributed by atoms with Gasteiger partial charge in [0.1, 0.15) is 0 Å². The normalized spacial score (nSPS) is 19.2. The van der Waals surface area contributed by atoms with Crippen molar-refractivity contribution < 1.29 is 14.7 Å². The molecule has 2 rings (SSSR count). The summed E-state index contributed by atoms with van der Waals surface area (Å²) in [4.78, 5) is 29.2. The van der Waals surface area contributed by atoms with E-state index in [-0.39, 0.29) is 18.4 Å². The molecular formula is C14H18N2O3. The van der Waals surface area contributed by atoms with E-state index < -0.39 is 5.97 Å². The number of hydrogen-bond acceptors (Lipinski definition) is 3. The smallest absolute Gasteiger partial charge is 0.305 e. The zero-order valence-corrected chi connectivity index (χ0v) is 11.0. The predicted molar refractivity (Wildman–Crippen MR) is 69.9 cm³/mol. The van der Waals surface area contributed by atoms with Gasteiger partial charge < -0.3 is 10.0 Å². The van der Waals surface area contributed by atoms with Crippen LogP contribution in [0.1, 0.15) is 41.7 Å². The van der Waals surface area contributed by atoms with Crippen LogP contribution in [0.25, 0.3) is 0 Å². The number of rotatable bonds is 3. The number of aliphatic carboxylic acids is 1. The lowest BCUT2D eigenvalue weighted by atomic mass is 9.98. The molecule has 1 aromatic heterocycles. The van der Waals surface area contributed by atoms with Gasteiger partial charge in [0.2, 0.25) is 0 Å². The third kappa shape index (κ3) is 3.10. The number of aryl methyl sites for hydroxylation is 1. The molecule has 1 atom stereocenters. The molecular weight excluding hydrogens is 244 g/mol. The Morgan fingerprint density at radius 2 is 2.26 bits per heavy atom. The summed E-state index contributed by atoms with van der Waals surface area (Å²) in [6.07, 6.45) is 4.34. The summed E-state index contributed by atoms with van der Waals surface area (Å²) >= 11 is 0. The first-order valence-electron chi connectivity index (χ1n) is 6.54. The molecule has 1 fully saturated rings. The van der Waals surface area contributed by atoms with Crippen molar-refractivity contribution in [2.45, 2.75) is 38.6 Å². The lowest BCUT2D eigenvalue weighted by Crippen LogP contribution is -2.45. The van der Waals surface area contributed by atoms with Gasteiger partial charge in [0.25, 0.3) is 5.91 Å². The fourth-order valence-corrected chi connectivity index (χ4v) is 2.55. The number of pyridine rings is 1. The zero-order valence-electron chi connectivity index (χ0n) is 11.0. The number of carbonyl (C=O) groups is 2. The summed E-state index contributed by atoms with van der Waals surface area (Å²) in [6.45, 7) is 2.43. The average molecular weight is 262 g/mol. The Bertz CT molecular complexity index is 487. The number of likely N-dealkylation sites (tertiary alicyclic amines) is 1. The predicted octanol–water partition coefficient (Wildman–Crippen LogP) is 1.86. The third-order valence-corrected chi connectivity index (χ3v) is 3.54. The van der Waals surface area contributed by atoms with Gasteiger partial charge in [-0.1, -0.05) is 0 Å². The van der Waals surface area contributed by atoms with E-state index in [1.807, 2.05) is 0 Å². The maximum Gasteiger partial charge on any atom is 0.305 e. The summed E-state index contributed by atoms with van der Waals surface area (Å²) in [5, 5.41) is 8.94. The number of amides is 1. The molecule has 1 amide bonds. The Balaban J connectivity index is 2.20. The Labute approximate surface area is 112 Å². The van der Waals surface area contributed by atoms with Gasteiger partial charge >= 0.3 is 5.97 Å². The molecule has 1 aliphatic rings. The lowest BCUT2D eigenvalue weighted by Gasteiger charge is -2.35. The van der Waals surface area contributed by atoms with Gasteiger partial charge in [-0.3, -0.25) is 14.6 Å². The topological polar surface area (TPSA) is 70.5 Å². The van der Waals surface area contributed by atoms with Crippen molar-refractivity contribution in [3.05, 3.63) is 29.6 Å². The van der Waals surface area contributed by atoms with E-state index in [0.29, 0.717) is 17.8 Å². The largest absolute Gasteiger partial charge is 0.481 e. The van der Waals surface area contributed by atoms with Crippen molar-refractivity contribution in [3.63, 3.8) is 0 Å². The van der Waals surface area contributed by atoms with E-state index in [1.165, 1.54) is 0 Å². The fourth-order valence-electron chi connectivity index (χ4n) is 2.55. The fraction of sp³-hybridized carbons (Fsp3) is 0.500. The first-order chi connectivity index (χ1) is 9.09. The van der Waals surface area contributed by atoms with E-state index in [2.05, 4.69) is 4.98 Å². The van der Waals surface area contributed by atoms with E-state index in [1.54, 1.807) is 30.2 Å². The van der Waals surface area contributed by atoms with Crippen LogP contribution in [0.3, 0.4) is 0 Å². The molecule has 0 spiro atoms. The zero-order chi connectivity index (χ0) is 13.8. The van der Waals surface area contributed by atoms with Crippen LogP contribution < -0.4 is 0 Å². The number of hydrogen-bond donors (Lipinski definition) is 1. The Morgan fingerprint density at radius 1 is 1.47 bits per heavy atom. The first kappa shape index (κ1) is 13.5. The molecule has 5 heteroatoms. The standard InChI is InChI=1S/C14H18N2O3/c1-10-12(6-4-7-15-10)14(19)16-8-3-2-5-11(16)9-13(17)18/h4,6-7,11H,2-3,5,8-9H2,1H3,(H,17,18). The summed E-state index contributed by atoms with van der Waals surface area (Å²) in [6, 6.07) is 3.28. The highest BCUT2D eigenvalue weighted by Crippen LogP contribution is 2.22. The molecule has 0 aromatic carbocycles. The molecule has 1 unspecified atom stereocenters. The SMILES string of the molecule is Cc1ncccc1C(=O)N1CCCCC1CC(=O)O. The molecule has 0 bridgehead atoms. The minimum absolute atomic E-state index is 0.0189. The van der Waals surface area contributed by atoms with E-state index in [4.69, 9.17) is 5.11 Å². The summed E-state index contributed by atoms with van der Waals surface area (Å²) < 4.78 is 0. The molecule has 1 saturated heterocycles. The Morgan fingerprint density at radius 3 is 2.95 bits per heavy atom. The maximum atomic E-state index is 12.5. The van der Waals surface area contributed by atoms with Crippen LogP contribution >= 0.6 is 0 Å². The number of piperidine rings is 1. The molecule has 1 aliphatic heterocycles. The average Bonchev–Trinajstić information content (AvgIpc) is 2.38. The molecule has 2 heterocycles. The molecule has 0 saturated carbocycles. The minimum atomic E-state index is -0.854. The summed E-state index contributed by atoms with van der Waals surface area (Å²) in [7, 11) is 0. The second kappa shape index (κ2) is 5.82. The van der Waals surface area contributed by atoms with E-state index in [9.17, 15) is 9.59 Å². The van der Waals surface area contributed by atoms with Gasteiger partial charge in [0.15, 0.2) is 0 Å². The quantitative estimate of drug-likeness (QED) is 0.902. The van der Waals surface area contributed by atoms with Crippen LogP contribution in [-0.4, -0.2) is 39.5 Å². The molecule has 1 N–H and O–H groups in total. The summed E-state index contributed by atoms with van der Waals surface area (Å²) in [5.74, 6) is -0.954. The van der Waals surface area contributed by atoms with Crippen molar-refractivity contribution >= 4 is 11.9 Å². The molecule has 0 radical (unpaired) electrons. The highest BCUT2D eigenvalue weighted by molar-refractivity contribution is 5.95. The molecule has 1 aromatic rings. The molecule has 5 nitrogen and oxygen atoms in total. The van der Waals surface area contributed by atoms with Gasteiger partial charge in [-0.2, -0.15) is 0 Å². The van der Waals surface area contributed by atoms with Crippen LogP contribution in [-0.2, 0) is 4.79 Å². The first-order valence-corrected chi connectivity index (χ1v) is 6.54. The Hall–Kier alpha value is -1.91.